The Morgan fingerprint density at radius 3 is 1.91 bits per heavy atom. The molecule has 6 nitrogen and oxygen atoms in total. The van der Waals surface area contributed by atoms with E-state index in [1.165, 1.54) is 24.8 Å². The van der Waals surface area contributed by atoms with Crippen LogP contribution in [0.1, 0.15) is 31.7 Å². The normalized spacial score (nSPS) is 24.6. The monoisotopic (exact) mass is 654 g/mol. The highest BCUT2D eigenvalue weighted by Gasteiger charge is 2.59. The molecule has 0 bridgehead atoms. The molecule has 0 spiro atoms. The second-order valence-corrected chi connectivity index (χ2v) is 12.0. The number of nitrogens with one attached hydrogen (secondary N) is 1. The van der Waals surface area contributed by atoms with Crippen molar-refractivity contribution in [3.63, 3.8) is 0 Å². The third-order valence-electron chi connectivity index (χ3n) is 8.14. The largest absolute Gasteiger partial charge is 0.355 e. The Hall–Kier alpha value is -4.18. The van der Waals surface area contributed by atoms with Gasteiger partial charge in [-0.15, -0.1) is 0 Å². The van der Waals surface area contributed by atoms with E-state index in [0.717, 1.165) is 61.9 Å². The van der Waals surface area contributed by atoms with Crippen LogP contribution in [0.4, 0.5) is 14.6 Å². The molecular formula is C35H33BrF2N6. The van der Waals surface area contributed by atoms with E-state index in [1.54, 1.807) is 24.5 Å². The first kappa shape index (κ1) is 31.3. The molecule has 44 heavy (non-hydrogen) atoms. The SMILES string of the molecule is C.C(#CC12CNCC1C2)c1ccccn1.Fc1ccc(Br)nc1.Fc1ccc(N2CC3CC3(C#Cc3ccccn3)C2)nc1. The van der Waals surface area contributed by atoms with Crippen LogP contribution in [-0.4, -0.2) is 46.1 Å². The molecule has 6 heterocycles. The van der Waals surface area contributed by atoms with Crippen LogP contribution in [0.15, 0.2) is 90.1 Å². The number of halogens is 3. The van der Waals surface area contributed by atoms with E-state index in [0.29, 0.717) is 15.9 Å². The molecule has 4 aromatic rings. The first-order valence-corrected chi connectivity index (χ1v) is 15.0. The maximum Gasteiger partial charge on any atom is 0.141 e. The van der Waals surface area contributed by atoms with Gasteiger partial charge in [0.2, 0.25) is 0 Å². The average molecular weight is 656 g/mol. The standard InChI is InChI=1S/C17H14FN3.C12H12N2.C5H3BrFN.CH4/c18-14-4-5-16(20-10-14)21-11-13-9-17(13,12-21)7-6-15-3-1-2-8-19-15;1-2-6-14-11(3-1)4-5-12-7-10(12)8-13-9-12;6-5-2-1-4(7)3-8-5;/h1-5,8,10,13H,9,11-12H2;1-3,6,10,13H,7-9H2;1-3H;1H4. The summed E-state index contributed by atoms with van der Waals surface area (Å²) in [5.74, 6) is 14.8. The third kappa shape index (κ3) is 7.66. The number of pyridine rings is 4. The molecular weight excluding hydrogens is 622 g/mol. The lowest BCUT2D eigenvalue weighted by Gasteiger charge is -2.19. The van der Waals surface area contributed by atoms with Gasteiger partial charge in [0.15, 0.2) is 0 Å². The summed E-state index contributed by atoms with van der Waals surface area (Å²) in [6.45, 7) is 4.04. The van der Waals surface area contributed by atoms with Crippen LogP contribution in [0, 0.1) is 58.0 Å². The van der Waals surface area contributed by atoms with Gasteiger partial charge < -0.3 is 10.2 Å². The predicted molar refractivity (Wildman–Crippen MR) is 171 cm³/mol. The lowest BCUT2D eigenvalue weighted by atomic mass is 10.1. The summed E-state index contributed by atoms with van der Waals surface area (Å²) < 4.78 is 25.6. The van der Waals surface area contributed by atoms with Crippen molar-refractivity contribution in [1.82, 2.24) is 25.3 Å². The van der Waals surface area contributed by atoms with Crippen molar-refractivity contribution in [3.8, 4) is 23.7 Å². The van der Waals surface area contributed by atoms with Crippen molar-refractivity contribution in [2.75, 3.05) is 31.1 Å². The van der Waals surface area contributed by atoms with Crippen LogP contribution in [0.5, 0.6) is 0 Å². The molecule has 0 aromatic carbocycles. The molecule has 2 saturated heterocycles. The maximum absolute atomic E-state index is 12.9. The topological polar surface area (TPSA) is 66.8 Å². The lowest BCUT2D eigenvalue weighted by molar-refractivity contribution is 0.619. The molecule has 2 saturated carbocycles. The first-order chi connectivity index (χ1) is 20.9. The van der Waals surface area contributed by atoms with Crippen molar-refractivity contribution in [2.24, 2.45) is 22.7 Å². The molecule has 2 aliphatic heterocycles. The molecule has 4 fully saturated rings. The fourth-order valence-corrected chi connectivity index (χ4v) is 5.78. The van der Waals surface area contributed by atoms with Crippen LogP contribution >= 0.6 is 15.9 Å². The van der Waals surface area contributed by atoms with E-state index in [-0.39, 0.29) is 24.5 Å². The fourth-order valence-electron chi connectivity index (χ4n) is 5.55. The van der Waals surface area contributed by atoms with Crippen LogP contribution < -0.4 is 10.2 Å². The van der Waals surface area contributed by atoms with Crippen molar-refractivity contribution < 1.29 is 8.78 Å². The zero-order valence-corrected chi connectivity index (χ0v) is 24.9. The molecule has 4 unspecified atom stereocenters. The van der Waals surface area contributed by atoms with Crippen molar-refractivity contribution >= 4 is 21.7 Å². The van der Waals surface area contributed by atoms with E-state index >= 15 is 0 Å². The van der Waals surface area contributed by atoms with Gasteiger partial charge >= 0.3 is 0 Å². The number of rotatable bonds is 1. The second-order valence-electron chi connectivity index (χ2n) is 11.2. The quantitative estimate of drug-likeness (QED) is 0.196. The van der Waals surface area contributed by atoms with Gasteiger partial charge in [0.25, 0.3) is 0 Å². The molecule has 0 radical (unpaired) electrons. The third-order valence-corrected chi connectivity index (χ3v) is 8.61. The molecule has 0 amide bonds. The molecule has 8 rings (SSSR count). The highest BCUT2D eigenvalue weighted by atomic mass is 79.9. The first-order valence-electron chi connectivity index (χ1n) is 14.2. The van der Waals surface area contributed by atoms with Gasteiger partial charge in [-0.25, -0.2) is 28.7 Å². The number of anilines is 1. The van der Waals surface area contributed by atoms with Gasteiger partial charge in [-0.05, 0) is 108 Å². The second kappa shape index (κ2) is 13.6. The molecule has 224 valence electrons. The minimum Gasteiger partial charge on any atom is -0.355 e. The zero-order chi connectivity index (χ0) is 29.7. The molecule has 2 aliphatic carbocycles. The van der Waals surface area contributed by atoms with E-state index in [1.807, 2.05) is 36.4 Å². The Balaban J connectivity index is 0.000000144. The van der Waals surface area contributed by atoms with E-state index in [9.17, 15) is 8.78 Å². The Morgan fingerprint density at radius 2 is 1.41 bits per heavy atom. The van der Waals surface area contributed by atoms with Crippen LogP contribution in [-0.2, 0) is 0 Å². The van der Waals surface area contributed by atoms with Crippen LogP contribution in [0.2, 0.25) is 0 Å². The Morgan fingerprint density at radius 1 is 0.773 bits per heavy atom. The van der Waals surface area contributed by atoms with Gasteiger partial charge in [-0.2, -0.15) is 0 Å². The summed E-state index contributed by atoms with van der Waals surface area (Å²) in [4.78, 5) is 18.4. The van der Waals surface area contributed by atoms with Gasteiger partial charge in [0.1, 0.15) is 33.4 Å². The Kier molecular flexibility index (Phi) is 9.68. The minimum atomic E-state index is -0.312. The fraction of sp³-hybridized carbons (Fsp3) is 0.314. The zero-order valence-electron chi connectivity index (χ0n) is 23.4. The van der Waals surface area contributed by atoms with Gasteiger partial charge in [-0.3, -0.25) is 0 Å². The summed E-state index contributed by atoms with van der Waals surface area (Å²) in [6, 6.07) is 17.7. The Bertz CT molecular complexity index is 1640. The van der Waals surface area contributed by atoms with E-state index in [4.69, 9.17) is 0 Å². The van der Waals surface area contributed by atoms with E-state index < -0.39 is 0 Å². The lowest BCUT2D eigenvalue weighted by Crippen LogP contribution is -2.25. The highest BCUT2D eigenvalue weighted by Crippen LogP contribution is 2.58. The highest BCUT2D eigenvalue weighted by molar-refractivity contribution is 9.10. The van der Waals surface area contributed by atoms with Gasteiger partial charge in [0, 0.05) is 37.4 Å². The number of aromatic nitrogens is 4. The minimum absolute atomic E-state index is 0. The van der Waals surface area contributed by atoms with Crippen LogP contribution in [0.25, 0.3) is 0 Å². The molecule has 4 atom stereocenters. The van der Waals surface area contributed by atoms with Gasteiger partial charge in [-0.1, -0.05) is 31.4 Å². The van der Waals surface area contributed by atoms with Crippen molar-refractivity contribution in [1.29, 1.82) is 0 Å². The number of hydrogen-bond acceptors (Lipinski definition) is 6. The Labute approximate surface area is 265 Å². The number of piperidine rings is 2. The average Bonchev–Trinajstić information content (AvgIpc) is 3.82. The van der Waals surface area contributed by atoms with Gasteiger partial charge in [0.05, 0.1) is 17.8 Å². The van der Waals surface area contributed by atoms with Crippen molar-refractivity contribution in [3.05, 3.63) is 113 Å². The summed E-state index contributed by atoms with van der Waals surface area (Å²) in [5.41, 5.74) is 2.08. The number of nitrogens with zero attached hydrogens (tertiary/aromatic N) is 5. The number of fused-ring (bicyclic) bond motifs is 2. The molecule has 1 N–H and O–H groups in total. The summed E-state index contributed by atoms with van der Waals surface area (Å²) in [5, 5.41) is 3.38. The predicted octanol–water partition coefficient (Wildman–Crippen LogP) is 6.16. The maximum atomic E-state index is 12.9. The summed E-state index contributed by atoms with van der Waals surface area (Å²) >= 11 is 3.07. The van der Waals surface area contributed by atoms with E-state index in [2.05, 4.69) is 69.8 Å². The molecule has 4 aliphatic rings. The summed E-state index contributed by atoms with van der Waals surface area (Å²) in [7, 11) is 0. The van der Waals surface area contributed by atoms with Crippen LogP contribution in [0.3, 0.4) is 0 Å². The molecule has 9 heteroatoms. The molecule has 4 aromatic heterocycles. The smallest absolute Gasteiger partial charge is 0.141 e. The van der Waals surface area contributed by atoms with Crippen molar-refractivity contribution in [2.45, 2.75) is 20.3 Å². The summed E-state index contributed by atoms with van der Waals surface area (Å²) in [6.07, 6.45) is 8.40. The number of hydrogen-bond donors (Lipinski definition) is 1.